The van der Waals surface area contributed by atoms with E-state index in [2.05, 4.69) is 48.0 Å². The Balaban J connectivity index is 1.42. The third kappa shape index (κ3) is 5.37. The molecule has 0 bridgehead atoms. The number of nitrogens with zero attached hydrogens (tertiary/aromatic N) is 1. The van der Waals surface area contributed by atoms with Gasteiger partial charge in [-0.1, -0.05) is 56.3 Å². The van der Waals surface area contributed by atoms with Gasteiger partial charge in [-0.3, -0.25) is 4.79 Å². The molecule has 0 aliphatic carbocycles. The zero-order valence-electron chi connectivity index (χ0n) is 19.6. The van der Waals surface area contributed by atoms with Gasteiger partial charge in [-0.15, -0.1) is 0 Å². The summed E-state index contributed by atoms with van der Waals surface area (Å²) in [4.78, 5) is 23.9. The van der Waals surface area contributed by atoms with Gasteiger partial charge in [0.1, 0.15) is 0 Å². The second kappa shape index (κ2) is 10.4. The average molecular weight is 455 g/mol. The molecule has 34 heavy (non-hydrogen) atoms. The number of benzene rings is 3. The smallest absolute Gasteiger partial charge is 0.335 e. The van der Waals surface area contributed by atoms with Crippen LogP contribution in [-0.4, -0.2) is 28.1 Å². The molecular weight excluding hydrogens is 424 g/mol. The molecule has 0 unspecified atom stereocenters. The van der Waals surface area contributed by atoms with E-state index in [0.717, 1.165) is 27.7 Å². The van der Waals surface area contributed by atoms with Gasteiger partial charge in [0.25, 0.3) is 0 Å². The first-order valence-electron chi connectivity index (χ1n) is 11.7. The fourth-order valence-electron chi connectivity index (χ4n) is 4.18. The number of rotatable bonds is 9. The second-order valence-corrected chi connectivity index (χ2v) is 8.89. The Morgan fingerprint density at radius 2 is 1.68 bits per heavy atom. The molecule has 0 radical (unpaired) electrons. The third-order valence-corrected chi connectivity index (χ3v) is 6.17. The van der Waals surface area contributed by atoms with Crippen LogP contribution in [0.15, 0.2) is 79.0 Å². The third-order valence-electron chi connectivity index (χ3n) is 6.17. The van der Waals surface area contributed by atoms with Crippen molar-refractivity contribution in [1.82, 2.24) is 9.88 Å². The molecule has 174 valence electrons. The summed E-state index contributed by atoms with van der Waals surface area (Å²) in [5.41, 5.74) is 5.68. The maximum Gasteiger partial charge on any atom is 0.335 e. The van der Waals surface area contributed by atoms with E-state index in [1.165, 1.54) is 5.56 Å². The Kier molecular flexibility index (Phi) is 7.12. The number of nitrogens with one attached hydrogen (secondary N) is 1. The summed E-state index contributed by atoms with van der Waals surface area (Å²) < 4.78 is 2.07. The molecule has 4 rings (SSSR count). The van der Waals surface area contributed by atoms with Crippen molar-refractivity contribution in [3.63, 3.8) is 0 Å². The lowest BCUT2D eigenvalue weighted by molar-refractivity contribution is -0.121. The molecule has 0 atom stereocenters. The van der Waals surface area contributed by atoms with Crippen molar-refractivity contribution in [2.75, 3.05) is 6.54 Å². The van der Waals surface area contributed by atoms with Gasteiger partial charge in [0, 0.05) is 30.2 Å². The van der Waals surface area contributed by atoms with E-state index in [1.807, 2.05) is 42.6 Å². The van der Waals surface area contributed by atoms with E-state index >= 15 is 0 Å². The number of para-hydroxylation sites is 1. The predicted molar refractivity (Wildman–Crippen MR) is 136 cm³/mol. The maximum absolute atomic E-state index is 12.4. The number of aromatic carboxylic acids is 1. The number of carbonyl (C=O) groups excluding carboxylic acids is 1. The van der Waals surface area contributed by atoms with E-state index < -0.39 is 5.97 Å². The first-order chi connectivity index (χ1) is 16.4. The van der Waals surface area contributed by atoms with E-state index in [4.69, 9.17) is 0 Å². The van der Waals surface area contributed by atoms with Gasteiger partial charge >= 0.3 is 5.97 Å². The number of carbonyl (C=O) groups is 2. The van der Waals surface area contributed by atoms with Crippen LogP contribution in [0.5, 0.6) is 0 Å². The summed E-state index contributed by atoms with van der Waals surface area (Å²) in [6.07, 6.45) is 3.80. The Bertz CT molecular complexity index is 1290. The van der Waals surface area contributed by atoms with Crippen LogP contribution < -0.4 is 5.32 Å². The second-order valence-electron chi connectivity index (χ2n) is 8.89. The van der Waals surface area contributed by atoms with Crippen LogP contribution in [0.3, 0.4) is 0 Å². The highest BCUT2D eigenvalue weighted by atomic mass is 16.4. The number of aromatic nitrogens is 1. The minimum absolute atomic E-state index is 0.0194. The highest BCUT2D eigenvalue weighted by molar-refractivity contribution is 5.95. The lowest BCUT2D eigenvalue weighted by Crippen LogP contribution is -2.25. The van der Waals surface area contributed by atoms with Crippen molar-refractivity contribution in [2.24, 2.45) is 0 Å². The number of hydrogen-bond acceptors (Lipinski definition) is 2. The van der Waals surface area contributed by atoms with E-state index in [1.54, 1.807) is 12.1 Å². The van der Waals surface area contributed by atoms with Crippen LogP contribution in [0.1, 0.15) is 53.2 Å². The molecule has 0 saturated heterocycles. The molecule has 0 aliphatic rings. The highest BCUT2D eigenvalue weighted by Crippen LogP contribution is 2.26. The Hall–Kier alpha value is -3.86. The van der Waals surface area contributed by atoms with Gasteiger partial charge in [-0.2, -0.15) is 0 Å². The van der Waals surface area contributed by atoms with Gasteiger partial charge < -0.3 is 15.0 Å². The Morgan fingerprint density at radius 3 is 2.35 bits per heavy atom. The summed E-state index contributed by atoms with van der Waals surface area (Å²) in [6, 6.07) is 23.6. The van der Waals surface area contributed by atoms with E-state index in [9.17, 15) is 14.7 Å². The largest absolute Gasteiger partial charge is 0.478 e. The standard InChI is InChI=1S/C29H30N2O3/c1-20(2)22-11-8-21(9-12-22)10-15-28(32)30-17-16-24-19-31(25-6-4-3-5-7-25)27-14-13-23(29(33)34)18-26(24)27/h3-9,11-14,18-20H,10,15-17H2,1-2H3,(H,30,32)(H,33,34). The van der Waals surface area contributed by atoms with Crippen LogP contribution in [0.25, 0.3) is 16.6 Å². The fraction of sp³-hybridized carbons (Fsp3) is 0.241. The normalized spacial score (nSPS) is 11.1. The van der Waals surface area contributed by atoms with Crippen molar-refractivity contribution < 1.29 is 14.7 Å². The highest BCUT2D eigenvalue weighted by Gasteiger charge is 2.13. The average Bonchev–Trinajstić information content (AvgIpc) is 3.21. The number of hydrogen-bond donors (Lipinski definition) is 2. The summed E-state index contributed by atoms with van der Waals surface area (Å²) in [7, 11) is 0. The fourth-order valence-corrected chi connectivity index (χ4v) is 4.18. The number of carboxylic acid groups (broad SMARTS) is 1. The first-order valence-corrected chi connectivity index (χ1v) is 11.7. The predicted octanol–water partition coefficient (Wildman–Crippen LogP) is 5.74. The zero-order valence-corrected chi connectivity index (χ0v) is 19.6. The van der Waals surface area contributed by atoms with Crippen molar-refractivity contribution in [1.29, 1.82) is 0 Å². The molecule has 0 fully saturated rings. The summed E-state index contributed by atoms with van der Waals surface area (Å²) in [5, 5.41) is 13.3. The molecule has 5 nitrogen and oxygen atoms in total. The van der Waals surface area contributed by atoms with Gasteiger partial charge in [0.15, 0.2) is 0 Å². The SMILES string of the molecule is CC(C)c1ccc(CCC(=O)NCCc2cn(-c3ccccc3)c3ccc(C(=O)O)cc23)cc1. The number of fused-ring (bicyclic) bond motifs is 1. The molecule has 4 aromatic rings. The molecule has 3 aromatic carbocycles. The van der Waals surface area contributed by atoms with Crippen molar-refractivity contribution >= 4 is 22.8 Å². The molecule has 0 saturated carbocycles. The molecule has 1 heterocycles. The molecule has 0 spiro atoms. The number of carboxylic acids is 1. The van der Waals surface area contributed by atoms with Gasteiger partial charge in [-0.25, -0.2) is 4.79 Å². The minimum atomic E-state index is -0.949. The molecule has 5 heteroatoms. The minimum Gasteiger partial charge on any atom is -0.478 e. The molecular formula is C29H30N2O3. The lowest BCUT2D eigenvalue weighted by atomic mass is 10.0. The topological polar surface area (TPSA) is 71.3 Å². The Morgan fingerprint density at radius 1 is 0.941 bits per heavy atom. The van der Waals surface area contributed by atoms with Crippen LogP contribution in [0.4, 0.5) is 0 Å². The molecule has 1 aromatic heterocycles. The van der Waals surface area contributed by atoms with Gasteiger partial charge in [-0.05, 0) is 65.8 Å². The van der Waals surface area contributed by atoms with Crippen molar-refractivity contribution in [2.45, 2.75) is 39.0 Å². The van der Waals surface area contributed by atoms with Crippen LogP contribution in [0.2, 0.25) is 0 Å². The quantitative estimate of drug-likeness (QED) is 0.339. The van der Waals surface area contributed by atoms with Gasteiger partial charge in [0.05, 0.1) is 11.1 Å². The van der Waals surface area contributed by atoms with Gasteiger partial charge in [0.2, 0.25) is 5.91 Å². The van der Waals surface area contributed by atoms with Crippen LogP contribution >= 0.6 is 0 Å². The summed E-state index contributed by atoms with van der Waals surface area (Å²) >= 11 is 0. The molecule has 2 N–H and O–H groups in total. The lowest BCUT2D eigenvalue weighted by Gasteiger charge is -2.08. The zero-order chi connectivity index (χ0) is 24.1. The van der Waals surface area contributed by atoms with Crippen LogP contribution in [0, 0.1) is 0 Å². The van der Waals surface area contributed by atoms with E-state index in [0.29, 0.717) is 31.7 Å². The van der Waals surface area contributed by atoms with Crippen LogP contribution in [-0.2, 0) is 17.6 Å². The Labute approximate surface area is 200 Å². The van der Waals surface area contributed by atoms with Crippen molar-refractivity contribution in [3.8, 4) is 5.69 Å². The monoisotopic (exact) mass is 454 g/mol. The van der Waals surface area contributed by atoms with Crippen molar-refractivity contribution in [3.05, 3.63) is 101 Å². The molecule has 0 aliphatic heterocycles. The van der Waals surface area contributed by atoms with E-state index in [-0.39, 0.29) is 11.5 Å². The maximum atomic E-state index is 12.4. The number of amides is 1. The summed E-state index contributed by atoms with van der Waals surface area (Å²) in [6.45, 7) is 4.83. The number of aryl methyl sites for hydroxylation is 1. The summed E-state index contributed by atoms with van der Waals surface area (Å²) in [5.74, 6) is -0.433. The molecule has 1 amide bonds. The first kappa shape index (κ1) is 23.3.